The Morgan fingerprint density at radius 1 is 0.933 bits per heavy atom. The second-order valence-electron chi connectivity index (χ2n) is 17.9. The van der Waals surface area contributed by atoms with Gasteiger partial charge >= 0.3 is 0 Å². The number of aliphatic hydroxyl groups excluding tert-OH is 6. The highest BCUT2D eigenvalue weighted by molar-refractivity contribution is 5.21. The van der Waals surface area contributed by atoms with Crippen LogP contribution >= 0.6 is 0 Å². The minimum atomic E-state index is -1.51. The second-order valence-corrected chi connectivity index (χ2v) is 17.9. The maximum atomic E-state index is 12.3. The Kier molecular flexibility index (Phi) is 9.59. The van der Waals surface area contributed by atoms with Gasteiger partial charge in [-0.2, -0.15) is 0 Å². The fourth-order valence-electron chi connectivity index (χ4n) is 12.7. The maximum absolute atomic E-state index is 12.3. The van der Waals surface area contributed by atoms with Crippen molar-refractivity contribution in [1.82, 2.24) is 0 Å². The molecule has 0 aromatic heterocycles. The number of hydrogen-bond acceptors (Lipinski definition) is 8. The summed E-state index contributed by atoms with van der Waals surface area (Å²) in [5, 5.41) is 65.2. The van der Waals surface area contributed by atoms with Gasteiger partial charge in [0.25, 0.3) is 0 Å². The molecule has 1 heterocycles. The van der Waals surface area contributed by atoms with E-state index in [2.05, 4.69) is 68.4 Å². The molecule has 0 radical (unpaired) electrons. The van der Waals surface area contributed by atoms with Gasteiger partial charge in [0.05, 0.1) is 24.4 Å². The minimum absolute atomic E-state index is 0.0152. The standard InChI is InChI=1S/C37H64O8/c1-20(2)11-10-14-37(9,45-32-30(43)29(42)28(41)24(19-38)44-32)22-12-16-35(7)27(22)23(39)17-25-34(6)15-13-26(40)33(4,5)31(34)21(3)18-36(25,35)8/h11,21-32,38-43H,10,12-19H2,1-9H3/t21-,22?,23-,24-,25?,26+,27?,28?,29-,30-,31?,32?,34-,35-,36-,37?/m1/s1. The Hall–Kier alpha value is -0.580. The normalized spacial score (nSPS) is 52.2. The summed E-state index contributed by atoms with van der Waals surface area (Å²) in [6, 6.07) is 0. The van der Waals surface area contributed by atoms with Crippen LogP contribution < -0.4 is 0 Å². The fraction of sp³-hybridized carbons (Fsp3) is 0.946. The third kappa shape index (κ3) is 5.40. The van der Waals surface area contributed by atoms with Gasteiger partial charge in [0, 0.05) is 0 Å². The van der Waals surface area contributed by atoms with Gasteiger partial charge in [0.2, 0.25) is 0 Å². The van der Waals surface area contributed by atoms with Crippen LogP contribution in [0.2, 0.25) is 0 Å². The molecule has 4 saturated carbocycles. The lowest BCUT2D eigenvalue weighted by molar-refractivity contribution is -0.336. The SMILES string of the molecule is CC(C)=CCCC(C)(OC1O[C@H](CO)C(O)[C@@H](O)[C@H]1O)C1CC[C@]2(C)C1[C@H](O)CC1[C@@]3(C)CC[C@H](O)C(C)(C)C3[C@H](C)C[C@]12C. The van der Waals surface area contributed by atoms with Crippen molar-refractivity contribution in [3.8, 4) is 0 Å². The Morgan fingerprint density at radius 2 is 1.60 bits per heavy atom. The highest BCUT2D eigenvalue weighted by Gasteiger charge is 2.72. The average molecular weight is 637 g/mol. The van der Waals surface area contributed by atoms with E-state index in [0.717, 1.165) is 44.9 Å². The van der Waals surface area contributed by atoms with Crippen LogP contribution in [-0.4, -0.2) is 85.8 Å². The summed E-state index contributed by atoms with van der Waals surface area (Å²) in [5.41, 5.74) is 0.0566. The first-order valence-electron chi connectivity index (χ1n) is 17.8. The number of fused-ring (bicyclic) bond motifs is 5. The Balaban J connectivity index is 1.51. The molecule has 5 rings (SSSR count). The van der Waals surface area contributed by atoms with E-state index >= 15 is 0 Å². The van der Waals surface area contributed by atoms with Crippen LogP contribution in [0, 0.1) is 51.2 Å². The van der Waals surface area contributed by atoms with Crippen molar-refractivity contribution < 1.29 is 40.1 Å². The lowest BCUT2D eigenvalue weighted by Gasteiger charge is -2.72. The van der Waals surface area contributed by atoms with E-state index in [1.807, 2.05) is 0 Å². The van der Waals surface area contributed by atoms with Gasteiger partial charge < -0.3 is 40.1 Å². The summed E-state index contributed by atoms with van der Waals surface area (Å²) in [4.78, 5) is 0. The molecule has 5 aliphatic rings. The predicted octanol–water partition coefficient (Wildman–Crippen LogP) is 4.57. The first-order valence-corrected chi connectivity index (χ1v) is 17.8. The molecule has 4 aliphatic carbocycles. The molecule has 0 spiro atoms. The zero-order chi connectivity index (χ0) is 33.5. The topological polar surface area (TPSA) is 140 Å². The summed E-state index contributed by atoms with van der Waals surface area (Å²) < 4.78 is 12.7. The van der Waals surface area contributed by atoms with Crippen molar-refractivity contribution in [3.63, 3.8) is 0 Å². The predicted molar refractivity (Wildman–Crippen MR) is 173 cm³/mol. The van der Waals surface area contributed by atoms with Crippen molar-refractivity contribution in [3.05, 3.63) is 11.6 Å². The van der Waals surface area contributed by atoms with Crippen LogP contribution in [0.1, 0.15) is 114 Å². The molecular weight excluding hydrogens is 572 g/mol. The van der Waals surface area contributed by atoms with Crippen molar-refractivity contribution in [2.75, 3.05) is 6.61 Å². The van der Waals surface area contributed by atoms with Gasteiger partial charge in [-0.05, 0) is 123 Å². The average Bonchev–Trinajstić information content (AvgIpc) is 3.33. The van der Waals surface area contributed by atoms with E-state index in [4.69, 9.17) is 9.47 Å². The highest BCUT2D eigenvalue weighted by atomic mass is 16.7. The van der Waals surface area contributed by atoms with Crippen molar-refractivity contribution in [2.45, 2.75) is 162 Å². The molecule has 6 N–H and O–H groups in total. The third-order valence-corrected chi connectivity index (χ3v) is 14.8. The molecule has 5 fully saturated rings. The fourth-order valence-corrected chi connectivity index (χ4v) is 12.7. The van der Waals surface area contributed by atoms with Gasteiger partial charge in [-0.1, -0.05) is 53.2 Å². The summed E-state index contributed by atoms with van der Waals surface area (Å²) in [7, 11) is 0. The number of allylic oxidation sites excluding steroid dienone is 2. The lowest BCUT2D eigenvalue weighted by atomic mass is 9.33. The van der Waals surface area contributed by atoms with Gasteiger partial charge in [0.15, 0.2) is 6.29 Å². The van der Waals surface area contributed by atoms with Crippen LogP contribution in [0.5, 0.6) is 0 Å². The molecule has 260 valence electrons. The van der Waals surface area contributed by atoms with Crippen LogP contribution in [-0.2, 0) is 9.47 Å². The molecule has 0 bridgehead atoms. The Bertz CT molecular complexity index is 1100. The number of aliphatic hydroxyl groups is 6. The van der Waals surface area contributed by atoms with E-state index in [1.165, 1.54) is 5.57 Å². The molecule has 45 heavy (non-hydrogen) atoms. The molecule has 0 aromatic rings. The zero-order valence-electron chi connectivity index (χ0n) is 29.4. The minimum Gasteiger partial charge on any atom is -0.394 e. The van der Waals surface area contributed by atoms with E-state index < -0.39 is 49.0 Å². The molecule has 0 amide bonds. The summed E-state index contributed by atoms with van der Waals surface area (Å²) >= 11 is 0. The van der Waals surface area contributed by atoms with Crippen molar-refractivity contribution >= 4 is 0 Å². The van der Waals surface area contributed by atoms with Gasteiger partial charge in [0.1, 0.15) is 24.4 Å². The van der Waals surface area contributed by atoms with E-state index in [-0.39, 0.29) is 39.6 Å². The number of ether oxygens (including phenoxy) is 2. The van der Waals surface area contributed by atoms with Crippen LogP contribution in [0.25, 0.3) is 0 Å². The monoisotopic (exact) mass is 636 g/mol. The number of rotatable bonds is 7. The Morgan fingerprint density at radius 3 is 2.22 bits per heavy atom. The third-order valence-electron chi connectivity index (χ3n) is 14.8. The molecular formula is C37H64O8. The molecule has 8 nitrogen and oxygen atoms in total. The lowest BCUT2D eigenvalue weighted by Crippen LogP contribution is -2.68. The summed E-state index contributed by atoms with van der Waals surface area (Å²) in [6.45, 7) is 20.0. The van der Waals surface area contributed by atoms with Gasteiger partial charge in [-0.3, -0.25) is 0 Å². The summed E-state index contributed by atoms with van der Waals surface area (Å²) in [6.07, 6.45) is 1.43. The van der Waals surface area contributed by atoms with Gasteiger partial charge in [-0.25, -0.2) is 0 Å². The van der Waals surface area contributed by atoms with Crippen LogP contribution in [0.4, 0.5) is 0 Å². The smallest absolute Gasteiger partial charge is 0.187 e. The molecule has 7 unspecified atom stereocenters. The summed E-state index contributed by atoms with van der Waals surface area (Å²) in [5.74, 6) is 1.08. The first-order chi connectivity index (χ1) is 20.8. The number of hydrogen-bond donors (Lipinski definition) is 6. The van der Waals surface area contributed by atoms with Crippen LogP contribution in [0.15, 0.2) is 11.6 Å². The van der Waals surface area contributed by atoms with Crippen LogP contribution in [0.3, 0.4) is 0 Å². The molecule has 1 aliphatic heterocycles. The van der Waals surface area contributed by atoms with E-state index in [1.54, 1.807) is 0 Å². The van der Waals surface area contributed by atoms with Gasteiger partial charge in [-0.15, -0.1) is 0 Å². The second kappa shape index (κ2) is 12.1. The maximum Gasteiger partial charge on any atom is 0.187 e. The van der Waals surface area contributed by atoms with Crippen molar-refractivity contribution in [1.29, 1.82) is 0 Å². The van der Waals surface area contributed by atoms with Crippen molar-refractivity contribution in [2.24, 2.45) is 51.2 Å². The quantitative estimate of drug-likeness (QED) is 0.224. The highest BCUT2D eigenvalue weighted by Crippen LogP contribution is 2.76. The first kappa shape index (κ1) is 35.7. The molecule has 16 atom stereocenters. The van der Waals surface area contributed by atoms with E-state index in [9.17, 15) is 30.6 Å². The largest absolute Gasteiger partial charge is 0.394 e. The molecule has 8 heteroatoms. The Labute approximate surface area is 271 Å². The van der Waals surface area contributed by atoms with E-state index in [0.29, 0.717) is 24.2 Å². The molecule has 0 aromatic carbocycles. The zero-order valence-corrected chi connectivity index (χ0v) is 29.4. The molecule has 1 saturated heterocycles.